The molecule has 6 nitrogen and oxygen atoms in total. The number of hydrogen-bond donors (Lipinski definition) is 2. The van der Waals surface area contributed by atoms with Gasteiger partial charge in [0.1, 0.15) is 5.75 Å². The zero-order valence-electron chi connectivity index (χ0n) is 13.6. The SMILES string of the molecule is CCc1ccc(S(=O)(=O)NNC(=O)COc2ccc(C)cc2)cc1. The summed E-state index contributed by atoms with van der Waals surface area (Å²) in [7, 11) is -3.81. The van der Waals surface area contributed by atoms with Gasteiger partial charge in [-0.05, 0) is 43.2 Å². The molecule has 2 N–H and O–H groups in total. The van der Waals surface area contributed by atoms with Crippen molar-refractivity contribution >= 4 is 15.9 Å². The summed E-state index contributed by atoms with van der Waals surface area (Å²) in [6, 6.07) is 13.6. The van der Waals surface area contributed by atoms with E-state index in [1.807, 2.05) is 26.0 Å². The van der Waals surface area contributed by atoms with Crippen molar-refractivity contribution in [1.29, 1.82) is 0 Å². The maximum atomic E-state index is 12.1. The van der Waals surface area contributed by atoms with Crippen LogP contribution in [0.5, 0.6) is 5.75 Å². The van der Waals surface area contributed by atoms with Gasteiger partial charge in [-0.3, -0.25) is 10.2 Å². The van der Waals surface area contributed by atoms with Crippen molar-refractivity contribution < 1.29 is 17.9 Å². The largest absolute Gasteiger partial charge is 0.484 e. The highest BCUT2D eigenvalue weighted by atomic mass is 32.2. The van der Waals surface area contributed by atoms with Crippen LogP contribution >= 0.6 is 0 Å². The minimum atomic E-state index is -3.81. The van der Waals surface area contributed by atoms with Crippen LogP contribution in [0.3, 0.4) is 0 Å². The van der Waals surface area contributed by atoms with Gasteiger partial charge in [0.2, 0.25) is 0 Å². The minimum absolute atomic E-state index is 0.0828. The van der Waals surface area contributed by atoms with Crippen LogP contribution in [-0.4, -0.2) is 20.9 Å². The molecule has 2 aromatic carbocycles. The predicted molar refractivity (Wildman–Crippen MR) is 91.0 cm³/mol. The van der Waals surface area contributed by atoms with Gasteiger partial charge in [-0.25, -0.2) is 8.42 Å². The smallest absolute Gasteiger partial charge is 0.272 e. The van der Waals surface area contributed by atoms with E-state index in [0.29, 0.717) is 5.75 Å². The van der Waals surface area contributed by atoms with Gasteiger partial charge in [0, 0.05) is 0 Å². The molecule has 1 amide bonds. The lowest BCUT2D eigenvalue weighted by molar-refractivity contribution is -0.123. The van der Waals surface area contributed by atoms with Gasteiger partial charge >= 0.3 is 0 Å². The van der Waals surface area contributed by atoms with Crippen LogP contribution in [0.2, 0.25) is 0 Å². The Kier molecular flexibility index (Phi) is 5.94. The second-order valence-electron chi connectivity index (χ2n) is 5.25. The molecule has 2 aromatic rings. The van der Waals surface area contributed by atoms with Gasteiger partial charge in [0.15, 0.2) is 6.61 Å². The van der Waals surface area contributed by atoms with Gasteiger partial charge in [-0.1, -0.05) is 36.8 Å². The highest BCUT2D eigenvalue weighted by Gasteiger charge is 2.15. The highest BCUT2D eigenvalue weighted by Crippen LogP contribution is 2.11. The van der Waals surface area contributed by atoms with E-state index in [0.717, 1.165) is 17.5 Å². The van der Waals surface area contributed by atoms with E-state index in [2.05, 4.69) is 10.3 Å². The lowest BCUT2D eigenvalue weighted by atomic mass is 10.2. The molecule has 128 valence electrons. The Morgan fingerprint density at radius 3 is 2.25 bits per heavy atom. The van der Waals surface area contributed by atoms with E-state index in [4.69, 9.17) is 4.74 Å². The molecule has 0 saturated carbocycles. The maximum Gasteiger partial charge on any atom is 0.272 e. The summed E-state index contributed by atoms with van der Waals surface area (Å²) in [4.78, 5) is 13.8. The summed E-state index contributed by atoms with van der Waals surface area (Å²) >= 11 is 0. The molecular weight excluding hydrogens is 328 g/mol. The van der Waals surface area contributed by atoms with Gasteiger partial charge in [-0.2, -0.15) is 0 Å². The molecular formula is C17H20N2O4S. The van der Waals surface area contributed by atoms with Crippen LogP contribution in [0.1, 0.15) is 18.1 Å². The number of ether oxygens (including phenoxy) is 1. The van der Waals surface area contributed by atoms with Crippen molar-refractivity contribution in [3.63, 3.8) is 0 Å². The standard InChI is InChI=1S/C17H20N2O4S/c1-3-14-6-10-16(11-7-14)24(21,22)19-18-17(20)12-23-15-8-4-13(2)5-9-15/h4-11,19H,3,12H2,1-2H3,(H,18,20). The Bertz CT molecular complexity index is 784. The summed E-state index contributed by atoms with van der Waals surface area (Å²) in [6.45, 7) is 3.63. The average molecular weight is 348 g/mol. The predicted octanol–water partition coefficient (Wildman–Crippen LogP) is 1.95. The monoisotopic (exact) mass is 348 g/mol. The van der Waals surface area contributed by atoms with E-state index >= 15 is 0 Å². The number of nitrogens with one attached hydrogen (secondary N) is 2. The molecule has 0 aromatic heterocycles. The van der Waals surface area contributed by atoms with Crippen molar-refractivity contribution in [2.45, 2.75) is 25.2 Å². The molecule has 0 aliphatic carbocycles. The van der Waals surface area contributed by atoms with Gasteiger partial charge < -0.3 is 4.74 Å². The molecule has 0 aliphatic heterocycles. The second-order valence-corrected chi connectivity index (χ2v) is 6.94. The van der Waals surface area contributed by atoms with Crippen molar-refractivity contribution in [1.82, 2.24) is 10.3 Å². The topological polar surface area (TPSA) is 84.5 Å². The van der Waals surface area contributed by atoms with Crippen molar-refractivity contribution in [3.05, 3.63) is 59.7 Å². The Balaban J connectivity index is 1.86. The number of benzene rings is 2. The molecule has 24 heavy (non-hydrogen) atoms. The normalized spacial score (nSPS) is 11.1. The zero-order chi connectivity index (χ0) is 17.6. The Labute approximate surface area is 141 Å². The van der Waals surface area contributed by atoms with Crippen molar-refractivity contribution in [3.8, 4) is 5.75 Å². The molecule has 0 atom stereocenters. The first-order valence-corrected chi connectivity index (χ1v) is 8.98. The fraction of sp³-hybridized carbons (Fsp3) is 0.235. The molecule has 0 bridgehead atoms. The first-order chi connectivity index (χ1) is 11.4. The third kappa shape index (κ3) is 5.07. The summed E-state index contributed by atoms with van der Waals surface area (Å²) in [5.74, 6) is -0.0573. The Morgan fingerprint density at radius 1 is 1.04 bits per heavy atom. The van der Waals surface area contributed by atoms with Crippen LogP contribution in [0.25, 0.3) is 0 Å². The summed E-state index contributed by atoms with van der Waals surface area (Å²) in [6.07, 6.45) is 0.820. The number of sulfonamides is 1. The molecule has 0 unspecified atom stereocenters. The first kappa shape index (κ1) is 18.0. The molecule has 0 saturated heterocycles. The highest BCUT2D eigenvalue weighted by molar-refractivity contribution is 7.89. The first-order valence-electron chi connectivity index (χ1n) is 7.50. The van der Waals surface area contributed by atoms with Crippen LogP contribution in [-0.2, 0) is 21.2 Å². The van der Waals surface area contributed by atoms with E-state index in [1.54, 1.807) is 24.3 Å². The third-order valence-electron chi connectivity index (χ3n) is 3.36. The quantitative estimate of drug-likeness (QED) is 0.749. The molecule has 0 radical (unpaired) electrons. The number of hydrogen-bond acceptors (Lipinski definition) is 4. The van der Waals surface area contributed by atoms with Crippen molar-refractivity contribution in [2.75, 3.05) is 6.61 Å². The molecule has 0 heterocycles. The zero-order valence-corrected chi connectivity index (χ0v) is 14.4. The number of carbonyl (C=O) groups is 1. The van der Waals surface area contributed by atoms with E-state index < -0.39 is 15.9 Å². The maximum absolute atomic E-state index is 12.1. The van der Waals surface area contributed by atoms with Crippen LogP contribution < -0.4 is 15.0 Å². The fourth-order valence-corrected chi connectivity index (χ4v) is 2.77. The minimum Gasteiger partial charge on any atom is -0.484 e. The lowest BCUT2D eigenvalue weighted by Gasteiger charge is -2.10. The Morgan fingerprint density at radius 2 is 1.67 bits per heavy atom. The third-order valence-corrected chi connectivity index (χ3v) is 4.62. The number of aryl methyl sites for hydroxylation is 2. The molecule has 7 heteroatoms. The second kappa shape index (κ2) is 7.94. The molecule has 0 fully saturated rings. The van der Waals surface area contributed by atoms with Crippen LogP contribution in [0.15, 0.2) is 53.4 Å². The summed E-state index contributed by atoms with van der Waals surface area (Å²) in [5, 5.41) is 0. The number of carbonyl (C=O) groups excluding carboxylic acids is 1. The number of amides is 1. The van der Waals surface area contributed by atoms with Crippen molar-refractivity contribution in [2.24, 2.45) is 0 Å². The summed E-state index contributed by atoms with van der Waals surface area (Å²) < 4.78 is 29.4. The fourth-order valence-electron chi connectivity index (χ4n) is 1.91. The summed E-state index contributed by atoms with van der Waals surface area (Å²) in [5.41, 5.74) is 4.24. The lowest BCUT2D eigenvalue weighted by Crippen LogP contribution is -2.43. The van der Waals surface area contributed by atoms with E-state index in [1.165, 1.54) is 12.1 Å². The number of rotatable bonds is 7. The molecule has 0 spiro atoms. The number of hydrazine groups is 1. The Hall–Kier alpha value is -2.38. The molecule has 2 rings (SSSR count). The van der Waals surface area contributed by atoms with Crippen LogP contribution in [0.4, 0.5) is 0 Å². The average Bonchev–Trinajstić information content (AvgIpc) is 2.59. The van der Waals surface area contributed by atoms with Gasteiger partial charge in [0.25, 0.3) is 15.9 Å². The van der Waals surface area contributed by atoms with E-state index in [9.17, 15) is 13.2 Å². The van der Waals surface area contributed by atoms with Crippen LogP contribution in [0, 0.1) is 6.92 Å². The van der Waals surface area contributed by atoms with Gasteiger partial charge in [0.05, 0.1) is 4.90 Å². The van der Waals surface area contributed by atoms with E-state index in [-0.39, 0.29) is 11.5 Å². The molecule has 0 aliphatic rings. The van der Waals surface area contributed by atoms with Gasteiger partial charge in [-0.15, -0.1) is 4.83 Å².